The number of hydrogen-bond donors (Lipinski definition) is 0. The van der Waals surface area contributed by atoms with E-state index >= 15 is 0 Å². The second-order valence-corrected chi connectivity index (χ2v) is 1.14. The molecule has 0 aliphatic heterocycles. The van der Waals surface area contributed by atoms with Crippen molar-refractivity contribution < 1.29 is 17.2 Å². The highest BCUT2D eigenvalue weighted by Crippen LogP contribution is 1.50. The van der Waals surface area contributed by atoms with Crippen LogP contribution in [0.15, 0.2) is 0 Å². The smallest absolute Gasteiger partial charge is 0.126 e. The molecule has 0 saturated carbocycles. The van der Waals surface area contributed by atoms with Gasteiger partial charge in [0, 0.05) is 1.43 Å². The van der Waals surface area contributed by atoms with E-state index < -0.39 is 0 Å². The molecular weight excluding hydrogens is 120 g/mol. The lowest BCUT2D eigenvalue weighted by Gasteiger charge is -1.56. The van der Waals surface area contributed by atoms with Crippen molar-refractivity contribution in [3.63, 3.8) is 0 Å². The lowest BCUT2D eigenvalue weighted by atomic mass is 10.6. The minimum absolute atomic E-state index is 0. The van der Waals surface area contributed by atoms with E-state index in [1.54, 1.807) is 0 Å². The molecule has 0 radical (unpaired) electrons. The van der Waals surface area contributed by atoms with E-state index in [1.807, 2.05) is 0 Å². The number of carbonyl (C=O) groups excluding carboxylic acids is 3. The summed E-state index contributed by atoms with van der Waals surface area (Å²) in [5, 5.41) is 0. The predicted molar refractivity (Wildman–Crippen MR) is 37.3 cm³/mol. The second kappa shape index (κ2) is 27.9. The number of hydrogen-bond acceptors (Lipinski definition) is 3. The third-order valence-electron chi connectivity index (χ3n) is 0. The van der Waals surface area contributed by atoms with Crippen LogP contribution in [0.25, 0.3) is 0 Å². The Labute approximate surface area is 57.9 Å². The SMILES string of the molecule is CC(C)=O.CC=O.[2HH].[2H]C=O. The van der Waals surface area contributed by atoms with Gasteiger partial charge in [-0.1, -0.05) is 0 Å². The van der Waals surface area contributed by atoms with Crippen LogP contribution in [0.4, 0.5) is 0 Å². The molecule has 0 aliphatic carbocycles. The van der Waals surface area contributed by atoms with E-state index in [2.05, 4.69) is 0 Å². The van der Waals surface area contributed by atoms with E-state index in [1.165, 1.54) is 20.8 Å². The van der Waals surface area contributed by atoms with E-state index in [-0.39, 0.29) is 14.0 Å². The molecule has 0 amide bonds. The molecule has 0 fully saturated rings. The summed E-state index contributed by atoms with van der Waals surface area (Å²) in [6.45, 7) is 4.50. The van der Waals surface area contributed by atoms with Crippen LogP contribution in [0.3, 0.4) is 0 Å². The topological polar surface area (TPSA) is 51.2 Å². The van der Waals surface area contributed by atoms with Gasteiger partial charge >= 0.3 is 0 Å². The number of Topliss-reactive ketones (excluding diaryl/α,β-unsaturated/α-hetero) is 1. The lowest BCUT2D eigenvalue weighted by molar-refractivity contribution is -0.115. The van der Waals surface area contributed by atoms with Gasteiger partial charge < -0.3 is 14.4 Å². The standard InChI is InChI=1S/C3H6O.C2H4O.CH2O.H2/c1-3(2)4;1-2-3;1-2;/h1-2H3;2H,1H3;1H2;1H/i;;1D;1+1. The highest BCUT2D eigenvalue weighted by Gasteiger charge is 1.62. The van der Waals surface area contributed by atoms with Gasteiger partial charge in [-0.3, -0.25) is 0 Å². The summed E-state index contributed by atoms with van der Waals surface area (Å²) in [4.78, 5) is 26.7. The van der Waals surface area contributed by atoms with Crippen LogP contribution in [0, 0.1) is 0 Å². The van der Waals surface area contributed by atoms with Gasteiger partial charge in [0.2, 0.25) is 0 Å². The molecule has 0 aromatic carbocycles. The molecule has 0 atom stereocenters. The van der Waals surface area contributed by atoms with Crippen LogP contribution in [0.1, 0.15) is 23.6 Å². The van der Waals surface area contributed by atoms with Crippen molar-refractivity contribution in [1.29, 1.82) is 0 Å². The fourth-order valence-electron chi connectivity index (χ4n) is 0. The van der Waals surface area contributed by atoms with E-state index in [0.29, 0.717) is 0 Å². The van der Waals surface area contributed by atoms with Crippen LogP contribution in [-0.2, 0) is 14.4 Å². The Hall–Kier alpha value is -0.990. The Morgan fingerprint density at radius 3 is 1.78 bits per heavy atom. The van der Waals surface area contributed by atoms with Crippen molar-refractivity contribution in [2.75, 3.05) is 0 Å². The summed E-state index contributed by atoms with van der Waals surface area (Å²) in [7, 11) is 0. The molecule has 3 nitrogen and oxygen atoms in total. The van der Waals surface area contributed by atoms with Gasteiger partial charge in [-0.15, -0.1) is 0 Å². The monoisotopic (exact) mass is 136 g/mol. The molecule has 0 aliphatic rings. The maximum Gasteiger partial charge on any atom is 0.126 e. The normalized spacial score (nSPS) is 5.89. The Balaban J connectivity index is -0.0000000325. The third-order valence-corrected chi connectivity index (χ3v) is 0. The van der Waals surface area contributed by atoms with Gasteiger partial charge in [0.1, 0.15) is 20.2 Å². The molecule has 0 bridgehead atoms. The van der Waals surface area contributed by atoms with Crippen LogP contribution in [0.2, 0.25) is 0 Å². The van der Waals surface area contributed by atoms with Crippen molar-refractivity contribution in [2.24, 2.45) is 0 Å². The Morgan fingerprint density at radius 1 is 1.78 bits per heavy atom. The molecule has 3 heteroatoms. The fraction of sp³-hybridized carbons (Fsp3) is 0.500. The molecule has 0 spiro atoms. The molecular formula is C6H14O3. The fourth-order valence-corrected chi connectivity index (χ4v) is 0. The molecule has 0 aromatic rings. The zero-order chi connectivity index (χ0) is 8.99. The van der Waals surface area contributed by atoms with Crippen molar-refractivity contribution in [2.45, 2.75) is 20.8 Å². The van der Waals surface area contributed by atoms with Crippen LogP contribution in [-0.4, -0.2) is 18.8 Å². The maximum absolute atomic E-state index is 9.44. The zero-order valence-electron chi connectivity index (χ0n) is 6.88. The second-order valence-electron chi connectivity index (χ2n) is 1.14. The summed E-state index contributed by atoms with van der Waals surface area (Å²) >= 11 is 0. The van der Waals surface area contributed by atoms with Crippen LogP contribution < -0.4 is 0 Å². The van der Waals surface area contributed by atoms with Gasteiger partial charge in [-0.05, 0) is 20.8 Å². The minimum Gasteiger partial charge on any atom is -0.307 e. The van der Waals surface area contributed by atoms with Crippen LogP contribution in [0.5, 0.6) is 0 Å². The number of aldehydes is 1. The first kappa shape index (κ1) is 10.9. The average molecular weight is 136 g/mol. The summed E-state index contributed by atoms with van der Waals surface area (Å²) in [6.07, 6.45) is 0.750. The number of carbonyl (C=O) groups is 3. The third kappa shape index (κ3) is 180. The first-order chi connectivity index (χ1) is 4.56. The van der Waals surface area contributed by atoms with Gasteiger partial charge in [0.15, 0.2) is 0 Å². The maximum atomic E-state index is 9.44. The van der Waals surface area contributed by atoms with Gasteiger partial charge in [-0.2, -0.15) is 0 Å². The van der Waals surface area contributed by atoms with E-state index in [0.717, 1.165) is 6.29 Å². The van der Waals surface area contributed by atoms with E-state index in [9.17, 15) is 4.79 Å². The van der Waals surface area contributed by atoms with Gasteiger partial charge in [0.05, 0.1) is 0 Å². The van der Waals surface area contributed by atoms with E-state index in [4.69, 9.17) is 11.0 Å². The lowest BCUT2D eigenvalue weighted by Crippen LogP contribution is -1.69. The Bertz CT molecular complexity index is 83.8. The summed E-state index contributed by atoms with van der Waals surface area (Å²) < 4.78 is 5.53. The first-order valence-electron chi connectivity index (χ1n) is 2.83. The zero-order valence-corrected chi connectivity index (χ0v) is 5.88. The molecule has 0 unspecified atom stereocenters. The first-order valence-corrected chi connectivity index (χ1v) is 2.25. The molecule has 0 saturated heterocycles. The number of ketones is 1. The largest absolute Gasteiger partial charge is 0.307 e. The highest BCUT2D eigenvalue weighted by atomic mass is 16.1. The van der Waals surface area contributed by atoms with Crippen molar-refractivity contribution >= 4 is 18.8 Å². The summed E-state index contributed by atoms with van der Waals surface area (Å²) in [5.74, 6) is 0.167. The van der Waals surface area contributed by atoms with Crippen molar-refractivity contribution in [1.82, 2.24) is 0 Å². The molecule has 0 heterocycles. The van der Waals surface area contributed by atoms with Gasteiger partial charge in [-0.25, -0.2) is 0 Å². The van der Waals surface area contributed by atoms with Crippen LogP contribution >= 0.6 is 0 Å². The molecule has 56 valence electrons. The Morgan fingerprint density at radius 2 is 1.78 bits per heavy atom. The molecule has 0 aromatic heterocycles. The quantitative estimate of drug-likeness (QED) is 0.464. The minimum atomic E-state index is 0. The molecule has 0 rings (SSSR count). The summed E-state index contributed by atoms with van der Waals surface area (Å²) in [6, 6.07) is 0. The highest BCUT2D eigenvalue weighted by molar-refractivity contribution is 5.72. The predicted octanol–water partition coefficient (Wildman–Crippen LogP) is 0.862. The van der Waals surface area contributed by atoms with Crippen molar-refractivity contribution in [3.05, 3.63) is 0 Å². The van der Waals surface area contributed by atoms with Crippen molar-refractivity contribution in [3.8, 4) is 0 Å². The number of rotatable bonds is 0. The molecule has 0 N–H and O–H groups in total. The van der Waals surface area contributed by atoms with Gasteiger partial charge in [0.25, 0.3) is 0 Å². The summed E-state index contributed by atoms with van der Waals surface area (Å²) in [5.41, 5.74) is 0. The Kier molecular flexibility index (Phi) is 33.8. The molecule has 9 heavy (non-hydrogen) atoms. The average Bonchev–Trinajstić information content (AvgIpc) is 1.65.